The minimum atomic E-state index is -0.124. The molecule has 2 rings (SSSR count). The first-order valence-corrected chi connectivity index (χ1v) is 5.36. The van der Waals surface area contributed by atoms with Gasteiger partial charge in [0.15, 0.2) is 0 Å². The van der Waals surface area contributed by atoms with Gasteiger partial charge in [-0.3, -0.25) is 14.8 Å². The Balaban J connectivity index is 2.01. The minimum absolute atomic E-state index is 0.124. The first kappa shape index (κ1) is 11.3. The third kappa shape index (κ3) is 2.87. The summed E-state index contributed by atoms with van der Waals surface area (Å²) >= 11 is 0. The van der Waals surface area contributed by atoms with Gasteiger partial charge < -0.3 is 5.32 Å². The number of aromatic nitrogens is 2. The zero-order valence-corrected chi connectivity index (χ0v) is 9.55. The van der Waals surface area contributed by atoms with Gasteiger partial charge >= 0.3 is 0 Å². The average Bonchev–Trinajstić information content (AvgIpc) is 2.38. The minimum Gasteiger partial charge on any atom is -0.346 e. The molecule has 1 amide bonds. The number of carbonyl (C=O) groups excluding carboxylic acids is 1. The van der Waals surface area contributed by atoms with E-state index in [-0.39, 0.29) is 5.91 Å². The van der Waals surface area contributed by atoms with Gasteiger partial charge in [0.2, 0.25) is 0 Å². The maximum Gasteiger partial charge on any atom is 0.253 e. The predicted molar refractivity (Wildman–Crippen MR) is 64.4 cm³/mol. The van der Waals surface area contributed by atoms with Crippen molar-refractivity contribution in [1.82, 2.24) is 15.3 Å². The number of nitrogens with zero attached hydrogens (tertiary/aromatic N) is 2. The summed E-state index contributed by atoms with van der Waals surface area (Å²) < 4.78 is 0. The highest BCUT2D eigenvalue weighted by atomic mass is 16.1. The Labute approximate surface area is 99.7 Å². The molecule has 0 aromatic carbocycles. The zero-order chi connectivity index (χ0) is 12.1. The Morgan fingerprint density at radius 2 is 2.18 bits per heavy atom. The molecule has 2 heterocycles. The Bertz CT molecular complexity index is 511. The van der Waals surface area contributed by atoms with Crippen molar-refractivity contribution < 1.29 is 4.79 Å². The van der Waals surface area contributed by atoms with Gasteiger partial charge in [-0.15, -0.1) is 0 Å². The maximum atomic E-state index is 11.9. The standard InChI is InChI=1S/C13H13N3O/c1-10-5-7-14-9-12(10)13(17)16-8-11-4-2-3-6-15-11/h2-7,9H,8H2,1H3,(H,16,17). The number of hydrogen-bond donors (Lipinski definition) is 1. The topological polar surface area (TPSA) is 54.9 Å². The van der Waals surface area contributed by atoms with Crippen LogP contribution in [0, 0.1) is 6.92 Å². The Kier molecular flexibility index (Phi) is 3.45. The molecule has 2 aromatic rings. The Morgan fingerprint density at radius 1 is 1.29 bits per heavy atom. The van der Waals surface area contributed by atoms with Crippen LogP contribution in [0.1, 0.15) is 21.6 Å². The number of hydrogen-bond acceptors (Lipinski definition) is 3. The monoisotopic (exact) mass is 227 g/mol. The van der Waals surface area contributed by atoms with Gasteiger partial charge in [-0.05, 0) is 30.7 Å². The van der Waals surface area contributed by atoms with E-state index in [9.17, 15) is 4.79 Å². The lowest BCUT2D eigenvalue weighted by molar-refractivity contribution is 0.0949. The highest BCUT2D eigenvalue weighted by molar-refractivity contribution is 5.95. The predicted octanol–water partition coefficient (Wildman–Crippen LogP) is 1.72. The third-order valence-corrected chi connectivity index (χ3v) is 2.44. The van der Waals surface area contributed by atoms with Crippen LogP contribution >= 0.6 is 0 Å². The normalized spacial score (nSPS) is 9.94. The quantitative estimate of drug-likeness (QED) is 0.868. The second-order valence-corrected chi connectivity index (χ2v) is 3.69. The van der Waals surface area contributed by atoms with Crippen molar-refractivity contribution in [3.63, 3.8) is 0 Å². The van der Waals surface area contributed by atoms with E-state index in [1.807, 2.05) is 31.2 Å². The van der Waals surface area contributed by atoms with E-state index in [2.05, 4.69) is 15.3 Å². The van der Waals surface area contributed by atoms with Crippen LogP contribution in [0.3, 0.4) is 0 Å². The molecular weight excluding hydrogens is 214 g/mol. The molecule has 2 aromatic heterocycles. The second-order valence-electron chi connectivity index (χ2n) is 3.69. The van der Waals surface area contributed by atoms with Crippen molar-refractivity contribution in [1.29, 1.82) is 0 Å². The molecule has 0 unspecified atom stereocenters. The smallest absolute Gasteiger partial charge is 0.253 e. The first-order valence-electron chi connectivity index (χ1n) is 5.36. The molecular formula is C13H13N3O. The van der Waals surface area contributed by atoms with Gasteiger partial charge in [-0.2, -0.15) is 0 Å². The fourth-order valence-electron chi connectivity index (χ4n) is 1.47. The molecule has 0 saturated carbocycles. The van der Waals surface area contributed by atoms with Crippen LogP contribution in [0.4, 0.5) is 0 Å². The molecule has 0 aliphatic carbocycles. The lowest BCUT2D eigenvalue weighted by atomic mass is 10.1. The summed E-state index contributed by atoms with van der Waals surface area (Å²) in [4.78, 5) is 19.9. The van der Waals surface area contributed by atoms with Crippen molar-refractivity contribution in [3.8, 4) is 0 Å². The molecule has 0 fully saturated rings. The van der Waals surface area contributed by atoms with E-state index < -0.39 is 0 Å². The van der Waals surface area contributed by atoms with Gasteiger partial charge in [-0.25, -0.2) is 0 Å². The van der Waals surface area contributed by atoms with Crippen molar-refractivity contribution in [3.05, 3.63) is 59.7 Å². The van der Waals surface area contributed by atoms with Gasteiger partial charge in [-0.1, -0.05) is 6.07 Å². The summed E-state index contributed by atoms with van der Waals surface area (Å²) in [6, 6.07) is 7.42. The molecule has 0 radical (unpaired) electrons. The van der Waals surface area contributed by atoms with E-state index in [4.69, 9.17) is 0 Å². The lowest BCUT2D eigenvalue weighted by Crippen LogP contribution is -2.24. The molecule has 17 heavy (non-hydrogen) atoms. The summed E-state index contributed by atoms with van der Waals surface area (Å²) in [6.45, 7) is 2.31. The van der Waals surface area contributed by atoms with Crippen molar-refractivity contribution in [2.24, 2.45) is 0 Å². The van der Waals surface area contributed by atoms with Gasteiger partial charge in [0.05, 0.1) is 17.8 Å². The molecule has 0 saturated heterocycles. The fraction of sp³-hybridized carbons (Fsp3) is 0.154. The zero-order valence-electron chi connectivity index (χ0n) is 9.55. The number of aryl methyl sites for hydroxylation is 1. The van der Waals surface area contributed by atoms with Crippen molar-refractivity contribution in [2.45, 2.75) is 13.5 Å². The van der Waals surface area contributed by atoms with Crippen LogP contribution in [0.15, 0.2) is 42.9 Å². The third-order valence-electron chi connectivity index (χ3n) is 2.44. The summed E-state index contributed by atoms with van der Waals surface area (Å²) in [5, 5.41) is 2.81. The largest absolute Gasteiger partial charge is 0.346 e. The van der Waals surface area contributed by atoms with E-state index in [0.29, 0.717) is 12.1 Å². The van der Waals surface area contributed by atoms with Crippen molar-refractivity contribution in [2.75, 3.05) is 0 Å². The molecule has 4 nitrogen and oxygen atoms in total. The summed E-state index contributed by atoms with van der Waals surface area (Å²) in [5.41, 5.74) is 2.35. The van der Waals surface area contributed by atoms with Crippen LogP contribution in [0.25, 0.3) is 0 Å². The molecule has 0 aliphatic rings. The summed E-state index contributed by atoms with van der Waals surface area (Å²) in [6.07, 6.45) is 4.95. The van der Waals surface area contributed by atoms with Crippen LogP contribution in [0.5, 0.6) is 0 Å². The Hall–Kier alpha value is -2.23. The molecule has 86 valence electrons. The molecule has 0 bridgehead atoms. The average molecular weight is 227 g/mol. The van der Waals surface area contributed by atoms with Crippen LogP contribution < -0.4 is 5.32 Å². The number of nitrogens with one attached hydrogen (secondary N) is 1. The second kappa shape index (κ2) is 5.21. The fourth-order valence-corrected chi connectivity index (χ4v) is 1.47. The maximum absolute atomic E-state index is 11.9. The summed E-state index contributed by atoms with van der Waals surface area (Å²) in [5.74, 6) is -0.124. The number of carbonyl (C=O) groups is 1. The van der Waals surface area contributed by atoms with E-state index in [1.165, 1.54) is 0 Å². The number of pyridine rings is 2. The highest BCUT2D eigenvalue weighted by Gasteiger charge is 2.08. The number of rotatable bonds is 3. The summed E-state index contributed by atoms with van der Waals surface area (Å²) in [7, 11) is 0. The van der Waals surface area contributed by atoms with E-state index in [0.717, 1.165) is 11.3 Å². The highest BCUT2D eigenvalue weighted by Crippen LogP contribution is 2.04. The molecule has 0 spiro atoms. The van der Waals surface area contributed by atoms with Crippen molar-refractivity contribution >= 4 is 5.91 Å². The SMILES string of the molecule is Cc1ccncc1C(=O)NCc1ccccn1. The van der Waals surface area contributed by atoms with Crippen LogP contribution in [-0.2, 0) is 6.54 Å². The molecule has 1 N–H and O–H groups in total. The van der Waals surface area contributed by atoms with Crippen LogP contribution in [-0.4, -0.2) is 15.9 Å². The van der Waals surface area contributed by atoms with Gasteiger partial charge in [0, 0.05) is 18.6 Å². The first-order chi connectivity index (χ1) is 8.27. The Morgan fingerprint density at radius 3 is 2.88 bits per heavy atom. The molecule has 0 atom stereocenters. The van der Waals surface area contributed by atoms with Crippen LogP contribution in [0.2, 0.25) is 0 Å². The van der Waals surface area contributed by atoms with E-state index in [1.54, 1.807) is 18.6 Å². The lowest BCUT2D eigenvalue weighted by Gasteiger charge is -2.06. The van der Waals surface area contributed by atoms with E-state index >= 15 is 0 Å². The number of amides is 1. The molecule has 0 aliphatic heterocycles. The molecule has 4 heteroatoms. The van der Waals surface area contributed by atoms with Gasteiger partial charge in [0.1, 0.15) is 0 Å². The van der Waals surface area contributed by atoms with Gasteiger partial charge in [0.25, 0.3) is 5.91 Å².